The van der Waals surface area contributed by atoms with Crippen LogP contribution in [0.5, 0.6) is 0 Å². The highest BCUT2D eigenvalue weighted by Crippen LogP contribution is 2.18. The van der Waals surface area contributed by atoms with Crippen LogP contribution in [0.1, 0.15) is 36.1 Å². The molecule has 0 atom stereocenters. The van der Waals surface area contributed by atoms with Crippen LogP contribution in [0.25, 0.3) is 0 Å². The zero-order valence-electron chi connectivity index (χ0n) is 12.3. The van der Waals surface area contributed by atoms with Crippen LogP contribution in [0.4, 0.5) is 0 Å². The summed E-state index contributed by atoms with van der Waals surface area (Å²) in [7, 11) is 0. The highest BCUT2D eigenvalue weighted by molar-refractivity contribution is 7.97. The number of aromatic amines is 1. The minimum Gasteiger partial charge on any atom is -0.285 e. The molecule has 4 nitrogen and oxygen atoms in total. The molecule has 1 heterocycles. The summed E-state index contributed by atoms with van der Waals surface area (Å²) in [5, 5.41) is 15.6. The largest absolute Gasteiger partial charge is 0.285 e. The summed E-state index contributed by atoms with van der Waals surface area (Å²) in [5.74, 6) is 0. The third-order valence-corrected chi connectivity index (χ3v) is 3.48. The van der Waals surface area contributed by atoms with Gasteiger partial charge in [-0.05, 0) is 54.6 Å². The monoisotopic (exact) mass is 288 g/mol. The Balaban J connectivity index is 0.000000956. The van der Waals surface area contributed by atoms with E-state index in [2.05, 4.69) is 21.0 Å². The Hall–Kier alpha value is -1.77. The molecule has 0 aliphatic heterocycles. The number of H-pyrrole nitrogens is 1. The van der Waals surface area contributed by atoms with Gasteiger partial charge in [0.25, 0.3) is 0 Å². The van der Waals surface area contributed by atoms with Crippen LogP contribution >= 0.6 is 11.9 Å². The predicted molar refractivity (Wildman–Crippen MR) is 83.3 cm³/mol. The van der Waals surface area contributed by atoms with Crippen LogP contribution in [0.2, 0.25) is 0 Å². The summed E-state index contributed by atoms with van der Waals surface area (Å²) in [4.78, 5) is 1.05. The molecule has 0 amide bonds. The van der Waals surface area contributed by atoms with Gasteiger partial charge in [-0.15, -0.1) is 0 Å². The molecule has 0 aliphatic rings. The van der Waals surface area contributed by atoms with Crippen molar-refractivity contribution in [3.8, 4) is 6.07 Å². The Morgan fingerprint density at radius 3 is 2.45 bits per heavy atom. The number of aryl methyl sites for hydroxylation is 2. The number of nitrogens with zero attached hydrogens (tertiary/aromatic N) is 2. The van der Waals surface area contributed by atoms with Crippen LogP contribution in [0, 0.1) is 25.2 Å². The topological polar surface area (TPSA) is 64.5 Å². The SMILES string of the molecule is CC.Cc1cc(C#N)cc(C)c1CNSc1cn[nH]c1. The van der Waals surface area contributed by atoms with E-state index in [1.807, 2.05) is 46.0 Å². The van der Waals surface area contributed by atoms with Gasteiger partial charge < -0.3 is 0 Å². The molecule has 2 rings (SSSR count). The predicted octanol–water partition coefficient (Wildman–Crippen LogP) is 3.72. The van der Waals surface area contributed by atoms with Gasteiger partial charge in [0.05, 0.1) is 22.7 Å². The molecule has 1 aromatic heterocycles. The standard InChI is InChI=1S/C13H14N4S.C2H6/c1-9-3-11(5-14)4-10(2)13(9)8-17-18-12-6-15-16-7-12;1-2/h3-4,6-7,17H,8H2,1-2H3,(H,15,16);1-2H3. The molecule has 0 bridgehead atoms. The van der Waals surface area contributed by atoms with Crippen molar-refractivity contribution in [3.63, 3.8) is 0 Å². The van der Waals surface area contributed by atoms with Crippen molar-refractivity contribution in [2.75, 3.05) is 0 Å². The van der Waals surface area contributed by atoms with Crippen LogP contribution in [-0.4, -0.2) is 10.2 Å². The van der Waals surface area contributed by atoms with Crippen molar-refractivity contribution in [1.29, 1.82) is 5.26 Å². The van der Waals surface area contributed by atoms with E-state index >= 15 is 0 Å². The molecule has 0 fully saturated rings. The van der Waals surface area contributed by atoms with Gasteiger partial charge in [-0.2, -0.15) is 10.4 Å². The van der Waals surface area contributed by atoms with Crippen LogP contribution in [0.15, 0.2) is 29.4 Å². The van der Waals surface area contributed by atoms with E-state index in [0.717, 1.165) is 28.1 Å². The molecular weight excluding hydrogens is 268 g/mol. The zero-order chi connectivity index (χ0) is 15.0. The summed E-state index contributed by atoms with van der Waals surface area (Å²) >= 11 is 1.54. The maximum Gasteiger partial charge on any atom is 0.0991 e. The smallest absolute Gasteiger partial charge is 0.0991 e. The highest BCUT2D eigenvalue weighted by atomic mass is 32.2. The average molecular weight is 288 g/mol. The second kappa shape index (κ2) is 8.41. The van der Waals surface area contributed by atoms with E-state index in [0.29, 0.717) is 0 Å². The van der Waals surface area contributed by atoms with E-state index in [1.165, 1.54) is 5.56 Å². The number of nitriles is 1. The molecule has 0 saturated carbocycles. The first-order chi connectivity index (χ1) is 9.70. The van der Waals surface area contributed by atoms with Gasteiger partial charge in [0.1, 0.15) is 0 Å². The molecule has 20 heavy (non-hydrogen) atoms. The van der Waals surface area contributed by atoms with Crippen molar-refractivity contribution in [2.24, 2.45) is 0 Å². The Labute approximate surface area is 124 Å². The maximum absolute atomic E-state index is 8.90. The Bertz CT molecular complexity index is 547. The van der Waals surface area contributed by atoms with Crippen LogP contribution < -0.4 is 4.72 Å². The minimum atomic E-state index is 0.719. The van der Waals surface area contributed by atoms with E-state index in [9.17, 15) is 0 Å². The highest BCUT2D eigenvalue weighted by Gasteiger charge is 2.05. The first-order valence-corrected chi connectivity index (χ1v) is 7.41. The number of hydrogen-bond acceptors (Lipinski definition) is 4. The molecule has 0 unspecified atom stereocenters. The van der Waals surface area contributed by atoms with Crippen molar-refractivity contribution >= 4 is 11.9 Å². The molecule has 0 aliphatic carbocycles. The van der Waals surface area contributed by atoms with E-state index in [1.54, 1.807) is 18.1 Å². The van der Waals surface area contributed by atoms with Crippen molar-refractivity contribution in [2.45, 2.75) is 39.1 Å². The van der Waals surface area contributed by atoms with Gasteiger partial charge in [-0.3, -0.25) is 9.82 Å². The Morgan fingerprint density at radius 2 is 1.95 bits per heavy atom. The molecule has 2 N–H and O–H groups in total. The first kappa shape index (κ1) is 16.3. The number of rotatable bonds is 4. The van der Waals surface area contributed by atoms with Gasteiger partial charge in [-0.1, -0.05) is 13.8 Å². The maximum atomic E-state index is 8.90. The van der Waals surface area contributed by atoms with E-state index in [4.69, 9.17) is 5.26 Å². The summed E-state index contributed by atoms with van der Waals surface area (Å²) < 4.78 is 3.30. The fourth-order valence-corrected chi connectivity index (χ4v) is 2.42. The molecule has 106 valence electrons. The van der Waals surface area contributed by atoms with E-state index < -0.39 is 0 Å². The van der Waals surface area contributed by atoms with Crippen molar-refractivity contribution in [1.82, 2.24) is 14.9 Å². The fourth-order valence-electron chi connectivity index (χ4n) is 1.82. The molecule has 2 aromatic rings. The number of aromatic nitrogens is 2. The van der Waals surface area contributed by atoms with Gasteiger partial charge in [0.15, 0.2) is 0 Å². The molecule has 0 saturated heterocycles. The first-order valence-electron chi connectivity index (χ1n) is 6.59. The lowest BCUT2D eigenvalue weighted by Crippen LogP contribution is -2.06. The lowest BCUT2D eigenvalue weighted by atomic mass is 10.00. The number of nitrogens with one attached hydrogen (secondary N) is 2. The number of benzene rings is 1. The van der Waals surface area contributed by atoms with Gasteiger partial charge >= 0.3 is 0 Å². The third-order valence-electron chi connectivity index (χ3n) is 2.74. The number of hydrogen-bond donors (Lipinski definition) is 2. The second-order valence-electron chi connectivity index (χ2n) is 4.06. The normalized spacial score (nSPS) is 9.55. The van der Waals surface area contributed by atoms with Crippen molar-refractivity contribution in [3.05, 3.63) is 46.8 Å². The summed E-state index contributed by atoms with van der Waals surface area (Å²) in [6.45, 7) is 8.83. The molecule has 1 aromatic carbocycles. The molecular formula is C15H20N4S. The van der Waals surface area contributed by atoms with Crippen LogP contribution in [0.3, 0.4) is 0 Å². The fraction of sp³-hybridized carbons (Fsp3) is 0.333. The van der Waals surface area contributed by atoms with Gasteiger partial charge in [-0.25, -0.2) is 0 Å². The van der Waals surface area contributed by atoms with E-state index in [-0.39, 0.29) is 0 Å². The average Bonchev–Trinajstić information content (AvgIpc) is 2.97. The molecule has 0 spiro atoms. The Morgan fingerprint density at radius 1 is 1.30 bits per heavy atom. The lowest BCUT2D eigenvalue weighted by molar-refractivity contribution is 0.947. The zero-order valence-corrected chi connectivity index (χ0v) is 13.1. The Kier molecular flexibility index (Phi) is 6.85. The van der Waals surface area contributed by atoms with Crippen molar-refractivity contribution < 1.29 is 0 Å². The second-order valence-corrected chi connectivity index (χ2v) is 5.02. The third kappa shape index (κ3) is 4.41. The quantitative estimate of drug-likeness (QED) is 0.842. The summed E-state index contributed by atoms with van der Waals surface area (Å²) in [5.41, 5.74) is 4.25. The van der Waals surface area contributed by atoms with Crippen LogP contribution in [-0.2, 0) is 6.54 Å². The molecule has 0 radical (unpaired) electrons. The van der Waals surface area contributed by atoms with Gasteiger partial charge in [0, 0.05) is 12.7 Å². The summed E-state index contributed by atoms with van der Waals surface area (Å²) in [6, 6.07) is 6.02. The summed E-state index contributed by atoms with van der Waals surface area (Å²) in [6.07, 6.45) is 3.62. The minimum absolute atomic E-state index is 0.719. The molecule has 5 heteroatoms. The van der Waals surface area contributed by atoms with Gasteiger partial charge in [0.2, 0.25) is 0 Å². The lowest BCUT2D eigenvalue weighted by Gasteiger charge is -2.10.